The summed E-state index contributed by atoms with van der Waals surface area (Å²) >= 11 is 0. The number of sulfonamides is 1. The summed E-state index contributed by atoms with van der Waals surface area (Å²) in [4.78, 5) is 17.8. The summed E-state index contributed by atoms with van der Waals surface area (Å²) in [7, 11) is -3.09. The summed E-state index contributed by atoms with van der Waals surface area (Å²) in [6.45, 7) is 5.20. The fourth-order valence-electron chi connectivity index (χ4n) is 3.33. The SMILES string of the molecule is CCOC(=O)N1CCC(NC(N)=NCC2CCN(S(C)(=O)=O)CC2)CC1.I. The molecule has 0 aromatic heterocycles. The average molecular weight is 517 g/mol. The molecule has 2 fully saturated rings. The van der Waals surface area contributed by atoms with Gasteiger partial charge >= 0.3 is 6.09 Å². The van der Waals surface area contributed by atoms with Crippen molar-refractivity contribution in [3.63, 3.8) is 0 Å². The van der Waals surface area contributed by atoms with Gasteiger partial charge in [-0.2, -0.15) is 0 Å². The highest BCUT2D eigenvalue weighted by Gasteiger charge is 2.25. The second kappa shape index (κ2) is 11.2. The Kier molecular flexibility index (Phi) is 10.1. The minimum atomic E-state index is -3.09. The van der Waals surface area contributed by atoms with E-state index in [1.807, 2.05) is 0 Å². The molecule has 158 valence electrons. The molecular weight excluding hydrogens is 485 g/mol. The van der Waals surface area contributed by atoms with Crippen LogP contribution in [0.2, 0.25) is 0 Å². The van der Waals surface area contributed by atoms with E-state index < -0.39 is 10.0 Å². The summed E-state index contributed by atoms with van der Waals surface area (Å²) < 4.78 is 29.6. The van der Waals surface area contributed by atoms with E-state index in [1.54, 1.807) is 11.8 Å². The molecule has 11 heteroatoms. The van der Waals surface area contributed by atoms with Crippen LogP contribution < -0.4 is 11.1 Å². The summed E-state index contributed by atoms with van der Waals surface area (Å²) in [5.74, 6) is 0.782. The van der Waals surface area contributed by atoms with Gasteiger partial charge in [-0.3, -0.25) is 4.99 Å². The minimum absolute atomic E-state index is 0. The number of carbonyl (C=O) groups is 1. The molecule has 1 amide bonds. The Hall–Kier alpha value is -0.820. The lowest BCUT2D eigenvalue weighted by molar-refractivity contribution is 0.0963. The maximum absolute atomic E-state index is 11.7. The molecule has 0 saturated carbocycles. The Balaban J connectivity index is 0.00000364. The van der Waals surface area contributed by atoms with E-state index in [0.717, 1.165) is 25.7 Å². The number of aliphatic imine (C=N–C) groups is 1. The molecule has 9 nitrogen and oxygen atoms in total. The molecule has 2 aliphatic rings. The number of likely N-dealkylation sites (tertiary alicyclic amines) is 1. The van der Waals surface area contributed by atoms with Crippen LogP contribution in [0, 0.1) is 5.92 Å². The Morgan fingerprint density at radius 3 is 2.30 bits per heavy atom. The van der Waals surface area contributed by atoms with Crippen LogP contribution >= 0.6 is 24.0 Å². The van der Waals surface area contributed by atoms with Gasteiger partial charge in [-0.15, -0.1) is 24.0 Å². The van der Waals surface area contributed by atoms with E-state index in [4.69, 9.17) is 10.5 Å². The van der Waals surface area contributed by atoms with Gasteiger partial charge in [0.15, 0.2) is 5.96 Å². The second-order valence-electron chi connectivity index (χ2n) is 6.94. The molecule has 0 aromatic rings. The smallest absolute Gasteiger partial charge is 0.409 e. The Morgan fingerprint density at radius 1 is 1.19 bits per heavy atom. The zero-order chi connectivity index (χ0) is 19.2. The number of ether oxygens (including phenoxy) is 1. The largest absolute Gasteiger partial charge is 0.450 e. The van der Waals surface area contributed by atoms with Gasteiger partial charge in [0.1, 0.15) is 0 Å². The van der Waals surface area contributed by atoms with Crippen molar-refractivity contribution in [2.24, 2.45) is 16.6 Å². The van der Waals surface area contributed by atoms with Crippen molar-refractivity contribution in [2.45, 2.75) is 38.6 Å². The lowest BCUT2D eigenvalue weighted by Gasteiger charge is -2.32. The normalized spacial score (nSPS) is 20.8. The van der Waals surface area contributed by atoms with Gasteiger partial charge in [-0.05, 0) is 38.5 Å². The summed E-state index contributed by atoms with van der Waals surface area (Å²) in [6.07, 6.45) is 4.22. The molecule has 0 unspecified atom stereocenters. The number of nitrogens with zero attached hydrogens (tertiary/aromatic N) is 3. The Morgan fingerprint density at radius 2 is 1.78 bits per heavy atom. The molecular formula is C16H32IN5O4S. The van der Waals surface area contributed by atoms with Crippen LogP contribution in [-0.4, -0.2) is 81.3 Å². The van der Waals surface area contributed by atoms with Gasteiger partial charge in [0.2, 0.25) is 10.0 Å². The monoisotopic (exact) mass is 517 g/mol. The summed E-state index contributed by atoms with van der Waals surface area (Å²) in [5, 5.41) is 3.23. The molecule has 2 aliphatic heterocycles. The number of rotatable bonds is 5. The van der Waals surface area contributed by atoms with Crippen LogP contribution in [0.4, 0.5) is 4.79 Å². The van der Waals surface area contributed by atoms with E-state index in [9.17, 15) is 13.2 Å². The molecule has 2 rings (SSSR count). The van der Waals surface area contributed by atoms with E-state index >= 15 is 0 Å². The third-order valence-electron chi connectivity index (χ3n) is 4.94. The van der Waals surface area contributed by atoms with Crippen LogP contribution in [0.1, 0.15) is 32.6 Å². The Labute approximate surface area is 179 Å². The topological polar surface area (TPSA) is 117 Å². The number of hydrogen-bond acceptors (Lipinski definition) is 5. The number of hydrogen-bond donors (Lipinski definition) is 2. The zero-order valence-electron chi connectivity index (χ0n) is 16.1. The number of nitrogens with one attached hydrogen (secondary N) is 1. The molecule has 0 bridgehead atoms. The van der Waals surface area contributed by atoms with Crippen LogP contribution in [0.15, 0.2) is 4.99 Å². The van der Waals surface area contributed by atoms with Crippen molar-refractivity contribution in [1.29, 1.82) is 0 Å². The number of piperidine rings is 2. The van der Waals surface area contributed by atoms with Crippen molar-refractivity contribution in [1.82, 2.24) is 14.5 Å². The zero-order valence-corrected chi connectivity index (χ0v) is 19.2. The first-order valence-electron chi connectivity index (χ1n) is 9.23. The molecule has 0 radical (unpaired) electrons. The maximum Gasteiger partial charge on any atom is 0.409 e. The molecule has 0 atom stereocenters. The molecule has 2 saturated heterocycles. The molecule has 2 heterocycles. The Bertz CT molecular complexity index is 600. The van der Waals surface area contributed by atoms with Crippen molar-refractivity contribution < 1.29 is 17.9 Å². The number of amides is 1. The third-order valence-corrected chi connectivity index (χ3v) is 6.24. The highest BCUT2D eigenvalue weighted by molar-refractivity contribution is 14.0. The highest BCUT2D eigenvalue weighted by atomic mass is 127. The van der Waals surface area contributed by atoms with E-state index in [-0.39, 0.29) is 36.1 Å². The van der Waals surface area contributed by atoms with Gasteiger partial charge in [0.25, 0.3) is 0 Å². The van der Waals surface area contributed by atoms with Gasteiger partial charge < -0.3 is 20.7 Å². The van der Waals surface area contributed by atoms with E-state index in [1.165, 1.54) is 10.6 Å². The van der Waals surface area contributed by atoms with Crippen molar-refractivity contribution in [2.75, 3.05) is 45.6 Å². The summed E-state index contributed by atoms with van der Waals surface area (Å²) in [6, 6.07) is 0.205. The van der Waals surface area contributed by atoms with Crippen LogP contribution in [-0.2, 0) is 14.8 Å². The molecule has 0 spiro atoms. The lowest BCUT2D eigenvalue weighted by Crippen LogP contribution is -2.48. The molecule has 27 heavy (non-hydrogen) atoms. The van der Waals surface area contributed by atoms with Crippen molar-refractivity contribution >= 4 is 46.1 Å². The van der Waals surface area contributed by atoms with E-state index in [2.05, 4.69) is 10.3 Å². The number of guanidine groups is 1. The maximum atomic E-state index is 11.7. The van der Waals surface area contributed by atoms with Crippen LogP contribution in [0.25, 0.3) is 0 Å². The lowest BCUT2D eigenvalue weighted by atomic mass is 9.98. The highest BCUT2D eigenvalue weighted by Crippen LogP contribution is 2.19. The molecule has 0 aromatic carbocycles. The van der Waals surface area contributed by atoms with Crippen LogP contribution in [0.5, 0.6) is 0 Å². The fraction of sp³-hybridized carbons (Fsp3) is 0.875. The number of nitrogens with two attached hydrogens (primary N) is 1. The second-order valence-corrected chi connectivity index (χ2v) is 8.92. The first-order chi connectivity index (χ1) is 12.3. The standard InChI is InChI=1S/C16H31N5O4S.HI/c1-3-25-16(22)20-8-6-14(7-9-20)19-15(17)18-12-13-4-10-21(11-5-13)26(2,23)24;/h13-14H,3-12H2,1-2H3,(H3,17,18,19);1H. The first kappa shape index (κ1) is 24.2. The third kappa shape index (κ3) is 7.98. The van der Waals surface area contributed by atoms with Crippen molar-refractivity contribution in [3.8, 4) is 0 Å². The predicted octanol–water partition coefficient (Wildman–Crippen LogP) is 0.801. The molecule has 3 N–H and O–H groups in total. The van der Waals surface area contributed by atoms with Gasteiger partial charge in [0, 0.05) is 38.8 Å². The van der Waals surface area contributed by atoms with E-state index in [0.29, 0.717) is 51.2 Å². The molecule has 0 aliphatic carbocycles. The van der Waals surface area contributed by atoms with Crippen LogP contribution in [0.3, 0.4) is 0 Å². The quantitative estimate of drug-likeness (QED) is 0.317. The predicted molar refractivity (Wildman–Crippen MR) is 116 cm³/mol. The van der Waals surface area contributed by atoms with Crippen molar-refractivity contribution in [3.05, 3.63) is 0 Å². The van der Waals surface area contributed by atoms with Gasteiger partial charge in [-0.25, -0.2) is 17.5 Å². The number of carbonyl (C=O) groups excluding carboxylic acids is 1. The summed E-state index contributed by atoms with van der Waals surface area (Å²) in [5.41, 5.74) is 5.99. The van der Waals surface area contributed by atoms with Gasteiger partial charge in [-0.1, -0.05) is 0 Å². The average Bonchev–Trinajstić information content (AvgIpc) is 2.60. The minimum Gasteiger partial charge on any atom is -0.450 e. The number of halogens is 1. The first-order valence-corrected chi connectivity index (χ1v) is 11.1. The fourth-order valence-corrected chi connectivity index (χ4v) is 4.20. The van der Waals surface area contributed by atoms with Gasteiger partial charge in [0.05, 0.1) is 12.9 Å².